The van der Waals surface area contributed by atoms with Gasteiger partial charge in [0.2, 0.25) is 0 Å². The van der Waals surface area contributed by atoms with Crippen LogP contribution in [0.25, 0.3) is 0 Å². The molecule has 1 heterocycles. The number of rotatable bonds is 3. The second kappa shape index (κ2) is 3.90. The van der Waals surface area contributed by atoms with E-state index in [9.17, 15) is 9.59 Å². The maximum absolute atomic E-state index is 10.9. The van der Waals surface area contributed by atoms with Gasteiger partial charge in [0, 0.05) is 0 Å². The molecule has 4 nitrogen and oxygen atoms in total. The van der Waals surface area contributed by atoms with Gasteiger partial charge in [0.25, 0.3) is 0 Å². The fraction of sp³-hybridized carbons (Fsp3) is 0.500. The molecule has 1 unspecified atom stereocenters. The number of hydrogen-bond donors (Lipinski definition) is 0. The summed E-state index contributed by atoms with van der Waals surface area (Å²) in [6.07, 6.45) is 2.01. The van der Waals surface area contributed by atoms with E-state index in [1.165, 1.54) is 0 Å². The summed E-state index contributed by atoms with van der Waals surface area (Å²) in [7, 11) is 0. The molecule has 0 N–H and O–H groups in total. The van der Waals surface area contributed by atoms with Crippen molar-refractivity contribution >= 4 is 11.9 Å². The minimum Gasteiger partial charge on any atom is -0.451 e. The van der Waals surface area contributed by atoms with Crippen molar-refractivity contribution < 1.29 is 19.1 Å². The first kappa shape index (κ1) is 8.77. The lowest BCUT2D eigenvalue weighted by Crippen LogP contribution is -2.37. The first-order valence-electron chi connectivity index (χ1n) is 3.71. The van der Waals surface area contributed by atoms with E-state index in [0.717, 1.165) is 0 Å². The van der Waals surface area contributed by atoms with Crippen LogP contribution in [-0.4, -0.2) is 24.6 Å². The van der Waals surface area contributed by atoms with Gasteiger partial charge in [-0.15, -0.1) is 6.58 Å². The summed E-state index contributed by atoms with van der Waals surface area (Å²) >= 11 is 0. The molecule has 1 fully saturated rings. The van der Waals surface area contributed by atoms with E-state index in [0.29, 0.717) is 12.8 Å². The van der Waals surface area contributed by atoms with Gasteiger partial charge in [-0.25, -0.2) is 9.59 Å². The Morgan fingerprint density at radius 2 is 2.33 bits per heavy atom. The van der Waals surface area contributed by atoms with Gasteiger partial charge in [-0.3, -0.25) is 0 Å². The molecule has 0 aliphatic carbocycles. The molecule has 0 radical (unpaired) electrons. The number of ether oxygens (including phenoxy) is 2. The lowest BCUT2D eigenvalue weighted by Gasteiger charge is -2.20. The van der Waals surface area contributed by atoms with Crippen LogP contribution in [0.4, 0.5) is 0 Å². The molecule has 0 bridgehead atoms. The van der Waals surface area contributed by atoms with Crippen molar-refractivity contribution in [2.24, 2.45) is 0 Å². The second-order valence-electron chi connectivity index (χ2n) is 2.45. The van der Waals surface area contributed by atoms with Crippen LogP contribution < -0.4 is 0 Å². The first-order valence-corrected chi connectivity index (χ1v) is 3.71. The van der Waals surface area contributed by atoms with Crippen LogP contribution in [0.3, 0.4) is 0 Å². The number of hydrogen-bond acceptors (Lipinski definition) is 4. The number of cyclic esters (lactones) is 2. The number of allylic oxidation sites excluding steroid dienone is 1. The van der Waals surface area contributed by atoms with Crippen molar-refractivity contribution in [3.05, 3.63) is 12.7 Å². The molecule has 1 saturated heterocycles. The molecular weight excluding hydrogens is 160 g/mol. The summed E-state index contributed by atoms with van der Waals surface area (Å²) in [5.41, 5.74) is 0. The normalized spacial score (nSPS) is 22.8. The molecule has 1 atom stereocenters. The van der Waals surface area contributed by atoms with Gasteiger partial charge < -0.3 is 9.47 Å². The Morgan fingerprint density at radius 3 is 3.00 bits per heavy atom. The maximum Gasteiger partial charge on any atom is 0.348 e. The van der Waals surface area contributed by atoms with Crippen molar-refractivity contribution in [1.82, 2.24) is 0 Å². The third-order valence-corrected chi connectivity index (χ3v) is 1.50. The van der Waals surface area contributed by atoms with E-state index < -0.39 is 18.0 Å². The summed E-state index contributed by atoms with van der Waals surface area (Å²) in [5, 5.41) is 0. The highest BCUT2D eigenvalue weighted by molar-refractivity contribution is 5.85. The van der Waals surface area contributed by atoms with Crippen LogP contribution in [0.1, 0.15) is 12.8 Å². The van der Waals surface area contributed by atoms with Gasteiger partial charge >= 0.3 is 11.9 Å². The zero-order chi connectivity index (χ0) is 8.97. The first-order chi connectivity index (χ1) is 5.74. The Balaban J connectivity index is 2.43. The molecule has 4 heteroatoms. The van der Waals surface area contributed by atoms with E-state index >= 15 is 0 Å². The largest absolute Gasteiger partial charge is 0.451 e. The third-order valence-electron chi connectivity index (χ3n) is 1.50. The quantitative estimate of drug-likeness (QED) is 0.455. The Morgan fingerprint density at radius 1 is 1.58 bits per heavy atom. The minimum absolute atomic E-state index is 0.260. The topological polar surface area (TPSA) is 52.6 Å². The minimum atomic E-state index is -0.732. The highest BCUT2D eigenvalue weighted by Crippen LogP contribution is 2.10. The van der Waals surface area contributed by atoms with E-state index in [1.54, 1.807) is 6.08 Å². The predicted molar refractivity (Wildman–Crippen MR) is 40.3 cm³/mol. The van der Waals surface area contributed by atoms with Crippen molar-refractivity contribution in [3.63, 3.8) is 0 Å². The zero-order valence-corrected chi connectivity index (χ0v) is 6.62. The molecule has 1 aliphatic rings. The average Bonchev–Trinajstić information content (AvgIpc) is 2.07. The molecular formula is C8H10O4. The fourth-order valence-electron chi connectivity index (χ4n) is 0.910. The van der Waals surface area contributed by atoms with Gasteiger partial charge in [-0.2, -0.15) is 0 Å². The van der Waals surface area contributed by atoms with Gasteiger partial charge in [0.15, 0.2) is 12.7 Å². The van der Waals surface area contributed by atoms with Crippen LogP contribution in [0.2, 0.25) is 0 Å². The van der Waals surface area contributed by atoms with Crippen molar-refractivity contribution in [2.75, 3.05) is 6.61 Å². The molecule has 0 spiro atoms. The molecule has 0 saturated carbocycles. The summed E-state index contributed by atoms with van der Waals surface area (Å²) in [4.78, 5) is 21.6. The third kappa shape index (κ3) is 2.08. The molecule has 1 aliphatic heterocycles. The van der Waals surface area contributed by atoms with Gasteiger partial charge in [-0.1, -0.05) is 6.08 Å². The predicted octanol–water partition coefficient (Wildman–Crippen LogP) is 0.421. The van der Waals surface area contributed by atoms with Gasteiger partial charge in [-0.05, 0) is 12.8 Å². The lowest BCUT2D eigenvalue weighted by molar-refractivity contribution is -0.184. The summed E-state index contributed by atoms with van der Waals surface area (Å²) < 4.78 is 9.29. The zero-order valence-electron chi connectivity index (χ0n) is 6.62. The SMILES string of the molecule is C=CCCC1OC(=O)COC1=O. The fourth-order valence-corrected chi connectivity index (χ4v) is 0.910. The van der Waals surface area contributed by atoms with E-state index in [2.05, 4.69) is 11.3 Å². The van der Waals surface area contributed by atoms with Crippen molar-refractivity contribution in [2.45, 2.75) is 18.9 Å². The summed E-state index contributed by atoms with van der Waals surface area (Å²) in [6.45, 7) is 3.24. The highest BCUT2D eigenvalue weighted by Gasteiger charge is 2.29. The molecule has 66 valence electrons. The molecule has 12 heavy (non-hydrogen) atoms. The van der Waals surface area contributed by atoms with Crippen LogP contribution in [0, 0.1) is 0 Å². The highest BCUT2D eigenvalue weighted by atomic mass is 16.6. The van der Waals surface area contributed by atoms with Crippen LogP contribution >= 0.6 is 0 Å². The average molecular weight is 170 g/mol. The van der Waals surface area contributed by atoms with Gasteiger partial charge in [0.05, 0.1) is 0 Å². The van der Waals surface area contributed by atoms with Crippen molar-refractivity contribution in [3.8, 4) is 0 Å². The summed E-state index contributed by atoms with van der Waals surface area (Å²) in [6, 6.07) is 0. The number of esters is 2. The molecule has 0 amide bonds. The van der Waals surface area contributed by atoms with E-state index in [-0.39, 0.29) is 6.61 Å². The monoisotopic (exact) mass is 170 g/mol. The van der Waals surface area contributed by atoms with Crippen molar-refractivity contribution in [1.29, 1.82) is 0 Å². The molecule has 0 aromatic rings. The van der Waals surface area contributed by atoms with Crippen LogP contribution in [-0.2, 0) is 19.1 Å². The second-order valence-corrected chi connectivity index (χ2v) is 2.45. The van der Waals surface area contributed by atoms with Gasteiger partial charge in [0.1, 0.15) is 0 Å². The molecule has 0 aromatic carbocycles. The molecule has 0 aromatic heterocycles. The Hall–Kier alpha value is -1.32. The Bertz CT molecular complexity index is 209. The van der Waals surface area contributed by atoms with E-state index in [4.69, 9.17) is 4.74 Å². The maximum atomic E-state index is 10.9. The van der Waals surface area contributed by atoms with E-state index in [1.807, 2.05) is 0 Å². The van der Waals surface area contributed by atoms with Crippen LogP contribution in [0.15, 0.2) is 12.7 Å². The smallest absolute Gasteiger partial charge is 0.348 e. The number of carbonyl (C=O) groups is 2. The number of carbonyl (C=O) groups excluding carboxylic acids is 2. The Labute approximate surface area is 70.1 Å². The summed E-state index contributed by atoms with van der Waals surface area (Å²) in [5.74, 6) is -0.944. The standard InChI is InChI=1S/C8H10O4/c1-2-3-4-6-8(10)11-5-7(9)12-6/h2,6H,1,3-5H2. The molecule has 1 rings (SSSR count). The lowest BCUT2D eigenvalue weighted by atomic mass is 10.2. The van der Waals surface area contributed by atoms with Crippen LogP contribution in [0.5, 0.6) is 0 Å². The Kier molecular flexibility index (Phi) is 2.85.